The number of quaternary nitrogens is 1. The molecule has 3 nitrogen and oxygen atoms in total. The first-order chi connectivity index (χ1) is 12.8. The maximum Gasteiger partial charge on any atom is 0.275 e. The van der Waals surface area contributed by atoms with E-state index >= 15 is 0 Å². The second kappa shape index (κ2) is 9.90. The number of hydrogen-bond donors (Lipinski definition) is 2. The van der Waals surface area contributed by atoms with E-state index in [4.69, 9.17) is 0 Å². The summed E-state index contributed by atoms with van der Waals surface area (Å²) < 4.78 is 0. The summed E-state index contributed by atoms with van der Waals surface area (Å²) in [4.78, 5) is 13.5. The highest BCUT2D eigenvalue weighted by atomic mass is 32.1. The van der Waals surface area contributed by atoms with Gasteiger partial charge in [0, 0.05) is 12.1 Å². The van der Waals surface area contributed by atoms with Gasteiger partial charge in [-0.3, -0.25) is 4.79 Å². The SMILES string of the molecule is O=C(C[NH2+][C@@H](c1ccccc1)c1cccs1)NCCCc1ccccc1. The lowest BCUT2D eigenvalue weighted by molar-refractivity contribution is -0.676. The number of rotatable bonds is 9. The maximum absolute atomic E-state index is 12.2. The van der Waals surface area contributed by atoms with Crippen molar-refractivity contribution in [2.75, 3.05) is 13.1 Å². The molecule has 0 spiro atoms. The van der Waals surface area contributed by atoms with E-state index < -0.39 is 0 Å². The Labute approximate surface area is 159 Å². The zero-order valence-corrected chi connectivity index (χ0v) is 15.6. The minimum absolute atomic E-state index is 0.0931. The minimum atomic E-state index is 0.0931. The molecule has 0 unspecified atom stereocenters. The predicted octanol–water partition coefficient (Wildman–Crippen LogP) is 3.15. The smallest absolute Gasteiger partial charge is 0.275 e. The van der Waals surface area contributed by atoms with E-state index in [-0.39, 0.29) is 11.9 Å². The largest absolute Gasteiger partial charge is 0.351 e. The number of hydrogen-bond acceptors (Lipinski definition) is 2. The Morgan fingerprint density at radius 3 is 2.38 bits per heavy atom. The molecule has 0 aliphatic carbocycles. The van der Waals surface area contributed by atoms with Gasteiger partial charge in [0.2, 0.25) is 0 Å². The topological polar surface area (TPSA) is 45.7 Å². The molecule has 0 aliphatic heterocycles. The summed E-state index contributed by atoms with van der Waals surface area (Å²) in [5.41, 5.74) is 2.54. The zero-order chi connectivity index (χ0) is 18.0. The van der Waals surface area contributed by atoms with Crippen LogP contribution in [0, 0.1) is 0 Å². The number of benzene rings is 2. The Hall–Kier alpha value is -2.43. The Balaban J connectivity index is 1.46. The quantitative estimate of drug-likeness (QED) is 0.562. The molecule has 0 aliphatic rings. The second-order valence-electron chi connectivity index (χ2n) is 6.28. The summed E-state index contributed by atoms with van der Waals surface area (Å²) in [7, 11) is 0. The van der Waals surface area contributed by atoms with Gasteiger partial charge < -0.3 is 10.6 Å². The minimum Gasteiger partial charge on any atom is -0.351 e. The van der Waals surface area contributed by atoms with E-state index in [0.29, 0.717) is 6.54 Å². The lowest BCUT2D eigenvalue weighted by Gasteiger charge is -2.14. The number of aryl methyl sites for hydroxylation is 1. The van der Waals surface area contributed by atoms with Crippen LogP contribution in [0.15, 0.2) is 78.2 Å². The van der Waals surface area contributed by atoms with Crippen molar-refractivity contribution in [3.05, 3.63) is 94.2 Å². The molecule has 0 saturated carbocycles. The maximum atomic E-state index is 12.2. The highest BCUT2D eigenvalue weighted by Crippen LogP contribution is 2.22. The van der Waals surface area contributed by atoms with Crippen LogP contribution in [0.4, 0.5) is 0 Å². The highest BCUT2D eigenvalue weighted by Gasteiger charge is 2.19. The van der Waals surface area contributed by atoms with Gasteiger partial charge in [0.15, 0.2) is 6.54 Å². The zero-order valence-electron chi connectivity index (χ0n) is 14.8. The summed E-state index contributed by atoms with van der Waals surface area (Å²) in [6.45, 7) is 1.15. The van der Waals surface area contributed by atoms with Crippen molar-refractivity contribution in [3.8, 4) is 0 Å². The summed E-state index contributed by atoms with van der Waals surface area (Å²) in [5.74, 6) is 0.0931. The molecular formula is C22H25N2OS+. The number of thiophene rings is 1. The molecule has 26 heavy (non-hydrogen) atoms. The number of carbonyl (C=O) groups is 1. The average Bonchev–Trinajstić information content (AvgIpc) is 3.22. The lowest BCUT2D eigenvalue weighted by Crippen LogP contribution is -2.87. The highest BCUT2D eigenvalue weighted by molar-refractivity contribution is 7.10. The molecule has 2 aromatic carbocycles. The molecule has 3 rings (SSSR count). The fourth-order valence-electron chi connectivity index (χ4n) is 3.01. The van der Waals surface area contributed by atoms with Crippen LogP contribution >= 0.6 is 11.3 Å². The van der Waals surface area contributed by atoms with Crippen LogP contribution in [0.3, 0.4) is 0 Å². The van der Waals surface area contributed by atoms with Crippen molar-refractivity contribution in [1.29, 1.82) is 0 Å². The molecular weight excluding hydrogens is 340 g/mol. The van der Waals surface area contributed by atoms with E-state index in [9.17, 15) is 4.79 Å². The van der Waals surface area contributed by atoms with Crippen LogP contribution in [0.1, 0.15) is 28.5 Å². The van der Waals surface area contributed by atoms with Gasteiger partial charge in [0.25, 0.3) is 5.91 Å². The van der Waals surface area contributed by atoms with E-state index in [1.807, 2.05) is 24.3 Å². The fraction of sp³-hybridized carbons (Fsp3) is 0.227. The van der Waals surface area contributed by atoms with Crippen molar-refractivity contribution >= 4 is 17.2 Å². The Bertz CT molecular complexity index is 772. The van der Waals surface area contributed by atoms with Crippen molar-refractivity contribution in [2.24, 2.45) is 0 Å². The number of nitrogens with one attached hydrogen (secondary N) is 1. The number of amides is 1. The van der Waals surface area contributed by atoms with Crippen molar-refractivity contribution in [3.63, 3.8) is 0 Å². The monoisotopic (exact) mass is 365 g/mol. The molecule has 1 heterocycles. The van der Waals surface area contributed by atoms with E-state index in [1.54, 1.807) is 11.3 Å². The molecule has 3 N–H and O–H groups in total. The first kappa shape index (κ1) is 18.4. The Morgan fingerprint density at radius 1 is 0.962 bits per heavy atom. The number of nitrogens with two attached hydrogens (primary N) is 1. The van der Waals surface area contributed by atoms with Crippen LogP contribution < -0.4 is 10.6 Å². The third-order valence-electron chi connectivity index (χ3n) is 4.35. The number of carbonyl (C=O) groups excluding carboxylic acids is 1. The van der Waals surface area contributed by atoms with Gasteiger partial charge in [0.1, 0.15) is 6.04 Å². The van der Waals surface area contributed by atoms with Gasteiger partial charge in [-0.2, -0.15) is 0 Å². The summed E-state index contributed by atoms with van der Waals surface area (Å²) in [6, 6.07) is 25.1. The predicted molar refractivity (Wildman–Crippen MR) is 107 cm³/mol. The molecule has 0 radical (unpaired) electrons. The van der Waals surface area contributed by atoms with Crippen LogP contribution in [0.25, 0.3) is 0 Å². The summed E-state index contributed by atoms with van der Waals surface area (Å²) in [5, 5.41) is 7.24. The normalized spacial score (nSPS) is 11.8. The van der Waals surface area contributed by atoms with Gasteiger partial charge >= 0.3 is 0 Å². The molecule has 0 bridgehead atoms. The summed E-state index contributed by atoms with van der Waals surface area (Å²) >= 11 is 1.73. The molecule has 3 aromatic rings. The van der Waals surface area contributed by atoms with Crippen LogP contribution in [0.2, 0.25) is 0 Å². The van der Waals surface area contributed by atoms with E-state index in [2.05, 4.69) is 64.5 Å². The second-order valence-corrected chi connectivity index (χ2v) is 7.26. The molecule has 1 atom stereocenters. The average molecular weight is 366 g/mol. The lowest BCUT2D eigenvalue weighted by atomic mass is 10.1. The Kier molecular flexibility index (Phi) is 6.99. The van der Waals surface area contributed by atoms with Crippen molar-refractivity contribution in [1.82, 2.24) is 5.32 Å². The van der Waals surface area contributed by atoms with Crippen LogP contribution in [-0.4, -0.2) is 19.0 Å². The fourth-order valence-corrected chi connectivity index (χ4v) is 3.86. The molecule has 0 fully saturated rings. The molecule has 1 aromatic heterocycles. The molecule has 0 saturated heterocycles. The van der Waals surface area contributed by atoms with E-state index in [1.165, 1.54) is 16.0 Å². The van der Waals surface area contributed by atoms with Crippen LogP contribution in [0.5, 0.6) is 0 Å². The van der Waals surface area contributed by atoms with Crippen LogP contribution in [-0.2, 0) is 11.2 Å². The summed E-state index contributed by atoms with van der Waals surface area (Å²) in [6.07, 6.45) is 1.95. The molecule has 4 heteroatoms. The van der Waals surface area contributed by atoms with Gasteiger partial charge in [-0.05, 0) is 29.9 Å². The first-order valence-corrected chi connectivity index (χ1v) is 9.93. The Morgan fingerprint density at radius 2 is 1.69 bits per heavy atom. The molecule has 134 valence electrons. The third-order valence-corrected chi connectivity index (χ3v) is 5.31. The van der Waals surface area contributed by atoms with Gasteiger partial charge in [-0.15, -0.1) is 11.3 Å². The first-order valence-electron chi connectivity index (χ1n) is 9.05. The third kappa shape index (κ3) is 5.55. The van der Waals surface area contributed by atoms with Crippen molar-refractivity contribution < 1.29 is 10.1 Å². The standard InChI is InChI=1S/C22H24N2OS/c25-21(23-15-7-11-18-9-3-1-4-10-18)17-24-22(20-14-8-16-26-20)19-12-5-2-6-13-19/h1-6,8-10,12-14,16,22,24H,7,11,15,17H2,(H,23,25)/p+1/t22-/m0/s1. The van der Waals surface area contributed by atoms with Gasteiger partial charge in [-0.1, -0.05) is 66.7 Å². The van der Waals surface area contributed by atoms with Crippen molar-refractivity contribution in [2.45, 2.75) is 18.9 Å². The van der Waals surface area contributed by atoms with E-state index in [0.717, 1.165) is 19.4 Å². The molecule has 1 amide bonds. The van der Waals surface area contributed by atoms with Gasteiger partial charge in [-0.25, -0.2) is 0 Å². The van der Waals surface area contributed by atoms with Gasteiger partial charge in [0.05, 0.1) is 4.88 Å².